The lowest BCUT2D eigenvalue weighted by molar-refractivity contribution is -0.921. The largest absolute Gasteiger partial charge is 0.462 e. The van der Waals surface area contributed by atoms with Crippen molar-refractivity contribution in [2.24, 2.45) is 0 Å². The van der Waals surface area contributed by atoms with E-state index in [0.717, 1.165) is 49.5 Å². The molecule has 0 aliphatic carbocycles. The van der Waals surface area contributed by atoms with E-state index in [4.69, 9.17) is 9.47 Å². The quantitative estimate of drug-likeness (QED) is 0.787. The molecule has 1 saturated heterocycles. The van der Waals surface area contributed by atoms with Gasteiger partial charge in [0.25, 0.3) is 0 Å². The first kappa shape index (κ1) is 17.6. The van der Waals surface area contributed by atoms with Crippen LogP contribution >= 0.6 is 0 Å². The molecule has 0 radical (unpaired) electrons. The molecule has 1 aromatic heterocycles. The van der Waals surface area contributed by atoms with E-state index in [1.165, 1.54) is 4.90 Å². The number of benzene rings is 1. The number of aryl methyl sites for hydroxylation is 1. The Balaban J connectivity index is 1.95. The molecule has 2 N–H and O–H groups in total. The molecule has 3 rings (SSSR count). The van der Waals surface area contributed by atoms with Crippen LogP contribution in [0.4, 0.5) is 0 Å². The van der Waals surface area contributed by atoms with Crippen molar-refractivity contribution in [3.8, 4) is 0 Å². The first-order valence-corrected chi connectivity index (χ1v) is 8.84. The van der Waals surface area contributed by atoms with Gasteiger partial charge in [-0.1, -0.05) is 6.92 Å². The van der Waals surface area contributed by atoms with Crippen LogP contribution in [-0.2, 0) is 16.0 Å². The van der Waals surface area contributed by atoms with Crippen LogP contribution in [0.25, 0.3) is 10.9 Å². The lowest BCUT2D eigenvalue weighted by Crippen LogP contribution is -3.13. The predicted molar refractivity (Wildman–Crippen MR) is 95.1 cm³/mol. The number of H-pyrrole nitrogens is 1. The molecule has 0 spiro atoms. The number of hydrogen-bond donors (Lipinski definition) is 2. The third kappa shape index (κ3) is 3.91. The minimum absolute atomic E-state index is 0.00427. The van der Waals surface area contributed by atoms with Crippen molar-refractivity contribution in [2.75, 3.05) is 32.9 Å². The van der Waals surface area contributed by atoms with Crippen molar-refractivity contribution in [3.63, 3.8) is 0 Å². The fraction of sp³-hybridized carbons (Fsp3) is 0.474. The lowest BCUT2D eigenvalue weighted by Gasteiger charge is -2.24. The van der Waals surface area contributed by atoms with Gasteiger partial charge in [-0.2, -0.15) is 0 Å². The summed E-state index contributed by atoms with van der Waals surface area (Å²) in [6, 6.07) is 5.12. The molecule has 2 heterocycles. The number of fused-ring (bicyclic) bond motifs is 1. The van der Waals surface area contributed by atoms with Gasteiger partial charge in [0.1, 0.15) is 19.6 Å². The standard InChI is InChI=1S/C19H24N2O4/c1-3-8-25-19(23)14-4-5-17-15(11-14)18(22)16(13(2)20-17)12-21-6-9-24-10-7-21/h4-5,11H,3,6-10,12H2,1-2H3,(H,20,22)/p+1. The molecule has 6 heteroatoms. The molecule has 0 bridgehead atoms. The Morgan fingerprint density at radius 3 is 2.80 bits per heavy atom. The van der Waals surface area contributed by atoms with E-state index in [9.17, 15) is 9.59 Å². The fourth-order valence-corrected chi connectivity index (χ4v) is 3.16. The zero-order valence-corrected chi connectivity index (χ0v) is 14.8. The Morgan fingerprint density at radius 1 is 1.32 bits per heavy atom. The average molecular weight is 345 g/mol. The summed E-state index contributed by atoms with van der Waals surface area (Å²) in [5.41, 5.74) is 2.83. The van der Waals surface area contributed by atoms with E-state index in [1.807, 2.05) is 13.8 Å². The van der Waals surface area contributed by atoms with Crippen LogP contribution in [0.15, 0.2) is 23.0 Å². The Labute approximate surface area is 146 Å². The topological polar surface area (TPSA) is 72.8 Å². The molecule has 0 amide bonds. The van der Waals surface area contributed by atoms with Crippen molar-refractivity contribution >= 4 is 16.9 Å². The molecule has 1 aromatic carbocycles. The van der Waals surface area contributed by atoms with E-state index in [-0.39, 0.29) is 11.4 Å². The van der Waals surface area contributed by atoms with Gasteiger partial charge in [-0.05, 0) is 31.5 Å². The van der Waals surface area contributed by atoms with E-state index in [1.54, 1.807) is 18.2 Å². The summed E-state index contributed by atoms with van der Waals surface area (Å²) >= 11 is 0. The number of rotatable bonds is 5. The third-order valence-corrected chi connectivity index (χ3v) is 4.61. The van der Waals surface area contributed by atoms with Gasteiger partial charge in [-0.25, -0.2) is 4.79 Å². The lowest BCUT2D eigenvalue weighted by atomic mass is 10.1. The average Bonchev–Trinajstić information content (AvgIpc) is 2.64. The van der Waals surface area contributed by atoms with Crippen molar-refractivity contribution in [1.29, 1.82) is 0 Å². The number of ether oxygens (including phenoxy) is 2. The number of nitrogens with one attached hydrogen (secondary N) is 2. The Morgan fingerprint density at radius 2 is 2.08 bits per heavy atom. The Kier molecular flexibility index (Phi) is 5.50. The second-order valence-corrected chi connectivity index (χ2v) is 6.49. The van der Waals surface area contributed by atoms with Gasteiger partial charge >= 0.3 is 5.97 Å². The molecule has 1 fully saturated rings. The van der Waals surface area contributed by atoms with Crippen LogP contribution in [0, 0.1) is 6.92 Å². The smallest absolute Gasteiger partial charge is 0.338 e. The number of aromatic nitrogens is 1. The number of aromatic amines is 1. The highest BCUT2D eigenvalue weighted by molar-refractivity contribution is 5.94. The predicted octanol–water partition coefficient (Wildman–Crippen LogP) is 0.818. The summed E-state index contributed by atoms with van der Waals surface area (Å²) in [7, 11) is 0. The number of morpholine rings is 1. The zero-order valence-electron chi connectivity index (χ0n) is 14.8. The maximum Gasteiger partial charge on any atom is 0.338 e. The fourth-order valence-electron chi connectivity index (χ4n) is 3.16. The maximum atomic E-state index is 13.0. The van der Waals surface area contributed by atoms with Gasteiger partial charge in [-0.3, -0.25) is 4.79 Å². The molecule has 2 aromatic rings. The van der Waals surface area contributed by atoms with Gasteiger partial charge in [0.2, 0.25) is 0 Å². The van der Waals surface area contributed by atoms with E-state index in [2.05, 4.69) is 4.98 Å². The summed E-state index contributed by atoms with van der Waals surface area (Å²) in [4.78, 5) is 29.7. The summed E-state index contributed by atoms with van der Waals surface area (Å²) in [5.74, 6) is -0.385. The molecular weight excluding hydrogens is 320 g/mol. The molecule has 134 valence electrons. The van der Waals surface area contributed by atoms with E-state index < -0.39 is 0 Å². The maximum absolute atomic E-state index is 13.0. The SMILES string of the molecule is CCCOC(=O)c1ccc2[nH]c(C)c(C[NH+]3CCOCC3)c(=O)c2c1. The van der Waals surface area contributed by atoms with Crippen LogP contribution in [-0.4, -0.2) is 43.9 Å². The summed E-state index contributed by atoms with van der Waals surface area (Å²) in [6.45, 7) is 8.19. The summed E-state index contributed by atoms with van der Waals surface area (Å²) in [5, 5.41) is 0.541. The molecule has 0 saturated carbocycles. The summed E-state index contributed by atoms with van der Waals surface area (Å²) in [6.07, 6.45) is 0.769. The van der Waals surface area contributed by atoms with Crippen molar-refractivity contribution in [1.82, 2.24) is 4.98 Å². The van der Waals surface area contributed by atoms with Crippen molar-refractivity contribution in [2.45, 2.75) is 26.8 Å². The number of carbonyl (C=O) groups is 1. The number of hydrogen-bond acceptors (Lipinski definition) is 4. The number of esters is 1. The molecule has 6 nitrogen and oxygen atoms in total. The minimum atomic E-state index is -0.385. The molecule has 0 atom stereocenters. The molecule has 25 heavy (non-hydrogen) atoms. The second kappa shape index (κ2) is 7.80. The first-order valence-electron chi connectivity index (χ1n) is 8.84. The molecular formula is C19H25N2O4+. The normalized spacial score (nSPS) is 15.4. The second-order valence-electron chi connectivity index (χ2n) is 6.49. The van der Waals surface area contributed by atoms with Gasteiger partial charge in [0.05, 0.1) is 30.9 Å². The number of pyridine rings is 1. The van der Waals surface area contributed by atoms with Crippen LogP contribution in [0.2, 0.25) is 0 Å². The van der Waals surface area contributed by atoms with E-state index >= 15 is 0 Å². The molecule has 0 unspecified atom stereocenters. The van der Waals surface area contributed by atoms with Crippen LogP contribution < -0.4 is 10.3 Å². The molecule has 1 aliphatic heterocycles. The number of carbonyl (C=O) groups excluding carboxylic acids is 1. The van der Waals surface area contributed by atoms with E-state index in [0.29, 0.717) is 24.1 Å². The van der Waals surface area contributed by atoms with Gasteiger partial charge < -0.3 is 19.4 Å². The van der Waals surface area contributed by atoms with Crippen LogP contribution in [0.3, 0.4) is 0 Å². The Bertz CT molecular complexity index is 822. The van der Waals surface area contributed by atoms with Crippen molar-refractivity contribution in [3.05, 3.63) is 45.2 Å². The monoisotopic (exact) mass is 345 g/mol. The zero-order chi connectivity index (χ0) is 17.8. The highest BCUT2D eigenvalue weighted by Gasteiger charge is 2.19. The third-order valence-electron chi connectivity index (χ3n) is 4.61. The van der Waals surface area contributed by atoms with Crippen LogP contribution in [0.5, 0.6) is 0 Å². The Hall–Kier alpha value is -2.18. The van der Waals surface area contributed by atoms with Gasteiger partial charge in [0.15, 0.2) is 5.43 Å². The highest BCUT2D eigenvalue weighted by Crippen LogP contribution is 2.14. The van der Waals surface area contributed by atoms with Crippen LogP contribution in [0.1, 0.15) is 35.0 Å². The summed E-state index contributed by atoms with van der Waals surface area (Å²) < 4.78 is 10.6. The molecule has 1 aliphatic rings. The highest BCUT2D eigenvalue weighted by atomic mass is 16.5. The van der Waals surface area contributed by atoms with Crippen molar-refractivity contribution < 1.29 is 19.2 Å². The first-order chi connectivity index (χ1) is 12.1. The van der Waals surface area contributed by atoms with Gasteiger partial charge in [-0.15, -0.1) is 0 Å². The minimum Gasteiger partial charge on any atom is -0.462 e. The number of quaternary nitrogens is 1. The van der Waals surface area contributed by atoms with Gasteiger partial charge in [0, 0.05) is 16.6 Å².